The molecule has 1 fully saturated rings. The average Bonchev–Trinajstić information content (AvgIpc) is 3.45. The summed E-state index contributed by atoms with van der Waals surface area (Å²) < 4.78 is 38.8. The van der Waals surface area contributed by atoms with Gasteiger partial charge in [0.1, 0.15) is 0 Å². The molecule has 2 N–H and O–H groups in total. The first kappa shape index (κ1) is 29.2. The second-order valence-corrected chi connectivity index (χ2v) is 10.9. The van der Waals surface area contributed by atoms with Gasteiger partial charge in [0.25, 0.3) is 5.91 Å². The van der Waals surface area contributed by atoms with Crippen molar-refractivity contribution < 1.29 is 22.8 Å². The van der Waals surface area contributed by atoms with Crippen LogP contribution in [-0.2, 0) is 30.5 Å². The second-order valence-electron chi connectivity index (χ2n) is 9.94. The lowest BCUT2D eigenvalue weighted by Crippen LogP contribution is -2.45. The third kappa shape index (κ3) is 7.92. The minimum atomic E-state index is -4.42. The molecule has 2 heterocycles. The van der Waals surface area contributed by atoms with Crippen molar-refractivity contribution in [2.24, 2.45) is 0 Å². The average molecular weight is 595 g/mol. The number of hydrogen-bond donors (Lipinski definition) is 2. The number of carbonyl (C=O) groups excluding carboxylic acids is 2. The van der Waals surface area contributed by atoms with E-state index in [9.17, 15) is 22.8 Å². The van der Waals surface area contributed by atoms with E-state index >= 15 is 0 Å². The number of hydrogen-bond acceptors (Lipinski definition) is 7. The van der Waals surface area contributed by atoms with Crippen molar-refractivity contribution in [2.75, 3.05) is 36.4 Å². The van der Waals surface area contributed by atoms with Gasteiger partial charge in [-0.05, 0) is 41.0 Å². The molecule has 0 saturated carbocycles. The number of amides is 2. The zero-order valence-corrected chi connectivity index (χ0v) is 23.4. The molecule has 1 saturated heterocycles. The molecule has 2 amide bonds. The van der Waals surface area contributed by atoms with Gasteiger partial charge in [-0.3, -0.25) is 14.5 Å². The van der Waals surface area contributed by atoms with E-state index in [2.05, 4.69) is 30.6 Å². The molecule has 218 valence electrons. The minimum absolute atomic E-state index is 0.00491. The summed E-state index contributed by atoms with van der Waals surface area (Å²) in [6.07, 6.45) is -4.15. The van der Waals surface area contributed by atoms with Gasteiger partial charge in [-0.15, -0.1) is 10.2 Å². The number of nitrogens with one attached hydrogen (secondary N) is 2. The molecule has 3 aromatic carbocycles. The van der Waals surface area contributed by atoms with Gasteiger partial charge in [0.2, 0.25) is 16.2 Å². The number of rotatable bonds is 9. The van der Waals surface area contributed by atoms with E-state index in [1.54, 1.807) is 18.2 Å². The van der Waals surface area contributed by atoms with Gasteiger partial charge in [-0.2, -0.15) is 13.2 Å². The second kappa shape index (κ2) is 13.1. The molecule has 0 unspecified atom stereocenters. The molecule has 1 aliphatic rings. The van der Waals surface area contributed by atoms with Gasteiger partial charge >= 0.3 is 6.18 Å². The molecule has 0 atom stereocenters. The highest BCUT2D eigenvalue weighted by molar-refractivity contribution is 7.19. The lowest BCUT2D eigenvalue weighted by Gasteiger charge is -2.34. The molecule has 1 aliphatic heterocycles. The number of benzene rings is 3. The van der Waals surface area contributed by atoms with Crippen LogP contribution in [0.1, 0.15) is 32.6 Å². The fourth-order valence-corrected chi connectivity index (χ4v) is 5.41. The van der Waals surface area contributed by atoms with Gasteiger partial charge in [0.15, 0.2) is 0 Å². The molecular formula is C30H29F3N6O2S. The van der Waals surface area contributed by atoms with Crippen LogP contribution in [0.4, 0.5) is 23.4 Å². The molecule has 4 aromatic rings. The molecule has 0 radical (unpaired) electrons. The number of anilines is 2. The lowest BCUT2D eigenvalue weighted by atomic mass is 10.1. The lowest BCUT2D eigenvalue weighted by molar-refractivity contribution is -0.137. The van der Waals surface area contributed by atoms with Crippen LogP contribution in [-0.4, -0.2) is 53.1 Å². The summed E-state index contributed by atoms with van der Waals surface area (Å²) in [4.78, 5) is 29.3. The molecular weight excluding hydrogens is 565 g/mol. The topological polar surface area (TPSA) is 90.5 Å². The van der Waals surface area contributed by atoms with Gasteiger partial charge in [0, 0.05) is 44.8 Å². The van der Waals surface area contributed by atoms with Crippen molar-refractivity contribution in [1.29, 1.82) is 0 Å². The summed E-state index contributed by atoms with van der Waals surface area (Å²) in [6.45, 7) is 3.89. The quantitative estimate of drug-likeness (QED) is 0.284. The minimum Gasteiger partial charge on any atom is -0.348 e. The van der Waals surface area contributed by atoms with Crippen LogP contribution in [0.15, 0.2) is 78.9 Å². The van der Waals surface area contributed by atoms with Crippen LogP contribution in [0, 0.1) is 0 Å². The molecule has 8 nitrogen and oxygen atoms in total. The monoisotopic (exact) mass is 594 g/mol. The number of nitrogens with zero attached hydrogens (tertiary/aromatic N) is 4. The molecule has 0 spiro atoms. The summed E-state index contributed by atoms with van der Waals surface area (Å²) in [6, 6.07) is 21.7. The highest BCUT2D eigenvalue weighted by atomic mass is 32.1. The SMILES string of the molecule is O=C(Cc1ccccc1)Nc1nnc(N2CCN(Cc3ccc(C(=O)NCc4cccc(C(F)(F)F)c4)cc3)CC2)s1. The summed E-state index contributed by atoms with van der Waals surface area (Å²) in [5.74, 6) is -0.479. The smallest absolute Gasteiger partial charge is 0.348 e. The van der Waals surface area contributed by atoms with Crippen molar-refractivity contribution in [3.63, 3.8) is 0 Å². The summed E-state index contributed by atoms with van der Waals surface area (Å²) in [7, 11) is 0. The zero-order valence-electron chi connectivity index (χ0n) is 22.6. The Balaban J connectivity index is 1.06. The van der Waals surface area contributed by atoms with E-state index in [1.807, 2.05) is 42.5 Å². The predicted octanol–water partition coefficient (Wildman–Crippen LogP) is 4.99. The first-order valence-electron chi connectivity index (χ1n) is 13.4. The Kier molecular flexibility index (Phi) is 9.13. The Morgan fingerprint density at radius 3 is 2.26 bits per heavy atom. The highest BCUT2D eigenvalue weighted by Crippen LogP contribution is 2.29. The third-order valence-electron chi connectivity index (χ3n) is 6.84. The number of aromatic nitrogens is 2. The van der Waals surface area contributed by atoms with Crippen LogP contribution in [0.3, 0.4) is 0 Å². The Labute approximate surface area is 245 Å². The van der Waals surface area contributed by atoms with Gasteiger partial charge < -0.3 is 15.5 Å². The molecule has 42 heavy (non-hydrogen) atoms. The van der Waals surface area contributed by atoms with E-state index in [0.717, 1.165) is 61.1 Å². The molecule has 5 rings (SSSR count). The highest BCUT2D eigenvalue weighted by Gasteiger charge is 2.30. The number of carbonyl (C=O) groups is 2. The maximum absolute atomic E-state index is 12.9. The van der Waals surface area contributed by atoms with Crippen LogP contribution in [0.2, 0.25) is 0 Å². The van der Waals surface area contributed by atoms with Crippen LogP contribution in [0.25, 0.3) is 0 Å². The van der Waals surface area contributed by atoms with E-state index in [1.165, 1.54) is 17.4 Å². The largest absolute Gasteiger partial charge is 0.416 e. The van der Waals surface area contributed by atoms with Crippen LogP contribution < -0.4 is 15.5 Å². The maximum atomic E-state index is 12.9. The number of piperazine rings is 1. The van der Waals surface area contributed by atoms with E-state index < -0.39 is 11.7 Å². The van der Waals surface area contributed by atoms with E-state index in [0.29, 0.717) is 16.3 Å². The number of halogens is 3. The van der Waals surface area contributed by atoms with Crippen LogP contribution >= 0.6 is 11.3 Å². The molecule has 0 bridgehead atoms. The summed E-state index contributed by atoms with van der Waals surface area (Å²) in [5, 5.41) is 15.1. The van der Waals surface area contributed by atoms with Crippen LogP contribution in [0.5, 0.6) is 0 Å². The Morgan fingerprint density at radius 2 is 1.55 bits per heavy atom. The fraction of sp³-hybridized carbons (Fsp3) is 0.267. The maximum Gasteiger partial charge on any atom is 0.416 e. The number of alkyl halides is 3. The van der Waals surface area contributed by atoms with Crippen molar-refractivity contribution in [3.8, 4) is 0 Å². The van der Waals surface area contributed by atoms with Crippen molar-refractivity contribution in [2.45, 2.75) is 25.7 Å². The Bertz CT molecular complexity index is 1500. The van der Waals surface area contributed by atoms with E-state index in [4.69, 9.17) is 0 Å². The van der Waals surface area contributed by atoms with Gasteiger partial charge in [0.05, 0.1) is 12.0 Å². The first-order valence-corrected chi connectivity index (χ1v) is 14.2. The van der Waals surface area contributed by atoms with E-state index in [-0.39, 0.29) is 24.8 Å². The molecule has 1 aromatic heterocycles. The van der Waals surface area contributed by atoms with Crippen molar-refractivity contribution >= 4 is 33.4 Å². The van der Waals surface area contributed by atoms with Gasteiger partial charge in [-0.25, -0.2) is 0 Å². The fourth-order valence-electron chi connectivity index (χ4n) is 4.60. The normalized spacial score (nSPS) is 14.0. The van der Waals surface area contributed by atoms with Crippen molar-refractivity contribution in [1.82, 2.24) is 20.4 Å². The predicted molar refractivity (Wildman–Crippen MR) is 155 cm³/mol. The summed E-state index contributed by atoms with van der Waals surface area (Å²) >= 11 is 1.36. The standard InChI is InChI=1S/C30H29F3N6O2S/c31-30(32,33)25-8-4-7-23(17-25)19-34-27(41)24-11-9-22(10-12-24)20-38-13-15-39(16-14-38)29-37-36-28(42-29)35-26(40)18-21-5-2-1-3-6-21/h1-12,17H,13-16,18-20H2,(H,34,41)(H,35,36,40). The summed E-state index contributed by atoms with van der Waals surface area (Å²) in [5.41, 5.74) is 2.07. The third-order valence-corrected chi connectivity index (χ3v) is 7.74. The Morgan fingerprint density at radius 1 is 0.833 bits per heavy atom. The van der Waals surface area contributed by atoms with Gasteiger partial charge in [-0.1, -0.05) is 65.9 Å². The zero-order chi connectivity index (χ0) is 29.5. The first-order chi connectivity index (χ1) is 20.2. The molecule has 12 heteroatoms. The Hall–Kier alpha value is -4.29. The van der Waals surface area contributed by atoms with Crippen molar-refractivity contribution in [3.05, 3.63) is 107 Å². The molecule has 0 aliphatic carbocycles.